The molecule has 1 heterocycles. The normalized spacial score (nSPS) is 20.8. The fourth-order valence-corrected chi connectivity index (χ4v) is 1.98. The lowest BCUT2D eigenvalue weighted by Gasteiger charge is -2.17. The second kappa shape index (κ2) is 5.31. The Morgan fingerprint density at radius 2 is 2.06 bits per heavy atom. The minimum absolute atomic E-state index is 0.0467. The van der Waals surface area contributed by atoms with Crippen molar-refractivity contribution in [1.82, 2.24) is 4.90 Å². The third-order valence-corrected chi connectivity index (χ3v) is 3.21. The largest absolute Gasteiger partial charge is 0.282 e. The molecular weight excluding hydrogens is 216 g/mol. The molecule has 0 aromatic heterocycles. The lowest BCUT2D eigenvalue weighted by Crippen LogP contribution is -2.31. The molecule has 1 rings (SSSR count). The van der Waals surface area contributed by atoms with Crippen molar-refractivity contribution in [2.24, 2.45) is 11.3 Å². The average Bonchev–Trinajstić information content (AvgIpc) is 2.50. The highest BCUT2D eigenvalue weighted by atomic mass is 16.2. The Balaban J connectivity index is 2.31. The Kier molecular flexibility index (Phi) is 4.28. The number of amides is 2. The van der Waals surface area contributed by atoms with Gasteiger partial charge in [-0.3, -0.25) is 14.5 Å². The number of nitriles is 1. The van der Waals surface area contributed by atoms with Crippen LogP contribution < -0.4 is 0 Å². The number of hydrogen-bond donors (Lipinski definition) is 0. The van der Waals surface area contributed by atoms with Crippen LogP contribution in [-0.2, 0) is 9.59 Å². The van der Waals surface area contributed by atoms with Crippen molar-refractivity contribution < 1.29 is 9.59 Å². The Morgan fingerprint density at radius 1 is 1.41 bits per heavy atom. The van der Waals surface area contributed by atoms with E-state index in [1.54, 1.807) is 6.92 Å². The summed E-state index contributed by atoms with van der Waals surface area (Å²) in [6, 6.07) is 2.25. The number of likely N-dealkylation sites (tertiary alicyclic amines) is 1. The molecule has 0 bridgehead atoms. The smallest absolute Gasteiger partial charge is 0.232 e. The minimum atomic E-state index is -0.313. The third-order valence-electron chi connectivity index (χ3n) is 3.21. The monoisotopic (exact) mass is 236 g/mol. The summed E-state index contributed by atoms with van der Waals surface area (Å²) in [6.45, 7) is 6.10. The highest BCUT2D eigenvalue weighted by Crippen LogP contribution is 2.23. The zero-order valence-electron chi connectivity index (χ0n) is 10.8. The van der Waals surface area contributed by atoms with Gasteiger partial charge in [0.05, 0.1) is 11.5 Å². The van der Waals surface area contributed by atoms with Gasteiger partial charge in [-0.25, -0.2) is 0 Å². The van der Waals surface area contributed by atoms with Gasteiger partial charge in [-0.2, -0.15) is 5.26 Å². The molecule has 0 spiro atoms. The van der Waals surface area contributed by atoms with Crippen molar-refractivity contribution in [3.8, 4) is 6.07 Å². The Bertz CT molecular complexity index is 355. The Hall–Kier alpha value is -1.37. The molecule has 4 heteroatoms. The molecule has 0 N–H and O–H groups in total. The standard InChI is InChI=1S/C13H20N2O2/c1-10-8-11(16)15(12(10)17)7-5-4-6-13(2,3)9-14/h10H,4-8H2,1-3H3. The summed E-state index contributed by atoms with van der Waals surface area (Å²) in [5.74, 6) is -0.255. The van der Waals surface area contributed by atoms with E-state index in [1.165, 1.54) is 4.90 Å². The molecule has 1 aliphatic rings. The summed E-state index contributed by atoms with van der Waals surface area (Å²) < 4.78 is 0. The van der Waals surface area contributed by atoms with Crippen LogP contribution in [0.5, 0.6) is 0 Å². The quantitative estimate of drug-likeness (QED) is 0.542. The number of hydrogen-bond acceptors (Lipinski definition) is 3. The van der Waals surface area contributed by atoms with Gasteiger partial charge in [0.2, 0.25) is 11.8 Å². The molecule has 0 aromatic rings. The fraction of sp³-hybridized carbons (Fsp3) is 0.769. The molecule has 4 nitrogen and oxygen atoms in total. The zero-order chi connectivity index (χ0) is 13.1. The molecule has 0 aromatic carbocycles. The van der Waals surface area contributed by atoms with Crippen LogP contribution in [0.25, 0.3) is 0 Å². The van der Waals surface area contributed by atoms with Crippen molar-refractivity contribution in [3.05, 3.63) is 0 Å². The van der Waals surface area contributed by atoms with Crippen molar-refractivity contribution in [2.45, 2.75) is 46.5 Å². The summed E-state index contributed by atoms with van der Waals surface area (Å²) >= 11 is 0. The van der Waals surface area contributed by atoms with Crippen molar-refractivity contribution in [1.29, 1.82) is 5.26 Å². The topological polar surface area (TPSA) is 61.2 Å². The van der Waals surface area contributed by atoms with Crippen LogP contribution in [-0.4, -0.2) is 23.3 Å². The predicted molar refractivity (Wildman–Crippen MR) is 63.7 cm³/mol. The van der Waals surface area contributed by atoms with Gasteiger partial charge in [0.1, 0.15) is 0 Å². The van der Waals surface area contributed by atoms with Crippen LogP contribution in [0.1, 0.15) is 46.5 Å². The van der Waals surface area contributed by atoms with Gasteiger partial charge in [0.15, 0.2) is 0 Å². The fourth-order valence-electron chi connectivity index (χ4n) is 1.98. The number of rotatable bonds is 5. The second-order valence-corrected chi connectivity index (χ2v) is 5.44. The molecule has 0 aliphatic carbocycles. The molecule has 1 fully saturated rings. The number of nitrogens with zero attached hydrogens (tertiary/aromatic N) is 2. The summed E-state index contributed by atoms with van der Waals surface area (Å²) in [7, 11) is 0. The maximum Gasteiger partial charge on any atom is 0.232 e. The first-order valence-electron chi connectivity index (χ1n) is 6.13. The van der Waals surface area contributed by atoms with Crippen LogP contribution in [0, 0.1) is 22.7 Å². The van der Waals surface area contributed by atoms with Crippen molar-refractivity contribution >= 4 is 11.8 Å². The number of carbonyl (C=O) groups is 2. The molecule has 0 radical (unpaired) electrons. The highest BCUT2D eigenvalue weighted by molar-refractivity contribution is 6.03. The number of imide groups is 1. The van der Waals surface area contributed by atoms with E-state index >= 15 is 0 Å². The van der Waals surface area contributed by atoms with Crippen LogP contribution in [0.3, 0.4) is 0 Å². The average molecular weight is 236 g/mol. The molecule has 17 heavy (non-hydrogen) atoms. The number of carbonyl (C=O) groups excluding carboxylic acids is 2. The van der Waals surface area contributed by atoms with Gasteiger partial charge >= 0.3 is 0 Å². The Labute approximate surface area is 103 Å². The van der Waals surface area contributed by atoms with Gasteiger partial charge < -0.3 is 0 Å². The summed E-state index contributed by atoms with van der Waals surface area (Å²) in [5.41, 5.74) is -0.313. The zero-order valence-corrected chi connectivity index (χ0v) is 10.8. The molecule has 1 atom stereocenters. The molecule has 0 saturated carbocycles. The van der Waals surface area contributed by atoms with Gasteiger partial charge in [-0.05, 0) is 26.7 Å². The predicted octanol–water partition coefficient (Wildman–Crippen LogP) is 2.10. The van der Waals surface area contributed by atoms with E-state index in [9.17, 15) is 9.59 Å². The Morgan fingerprint density at radius 3 is 2.53 bits per heavy atom. The maximum atomic E-state index is 11.6. The maximum absolute atomic E-state index is 11.6. The lowest BCUT2D eigenvalue weighted by atomic mass is 9.89. The van der Waals surface area contributed by atoms with Crippen LogP contribution in [0.2, 0.25) is 0 Å². The van der Waals surface area contributed by atoms with E-state index in [0.717, 1.165) is 19.3 Å². The van der Waals surface area contributed by atoms with Crippen LogP contribution in [0.15, 0.2) is 0 Å². The van der Waals surface area contributed by atoms with Gasteiger partial charge in [0, 0.05) is 18.9 Å². The lowest BCUT2D eigenvalue weighted by molar-refractivity contribution is -0.139. The van der Waals surface area contributed by atoms with E-state index in [2.05, 4.69) is 6.07 Å². The van der Waals surface area contributed by atoms with E-state index in [4.69, 9.17) is 5.26 Å². The van der Waals surface area contributed by atoms with Gasteiger partial charge in [0.25, 0.3) is 0 Å². The molecule has 1 unspecified atom stereocenters. The first-order valence-corrected chi connectivity index (χ1v) is 6.13. The van der Waals surface area contributed by atoms with Crippen molar-refractivity contribution in [2.75, 3.05) is 6.54 Å². The first kappa shape index (κ1) is 13.7. The van der Waals surface area contributed by atoms with E-state index < -0.39 is 0 Å². The first-order chi connectivity index (χ1) is 7.87. The molecule has 94 valence electrons. The van der Waals surface area contributed by atoms with Crippen LogP contribution >= 0.6 is 0 Å². The van der Waals surface area contributed by atoms with E-state index in [1.807, 2.05) is 13.8 Å². The third kappa shape index (κ3) is 3.55. The summed E-state index contributed by atoms with van der Waals surface area (Å²) in [4.78, 5) is 24.5. The van der Waals surface area contributed by atoms with Gasteiger partial charge in [-0.15, -0.1) is 0 Å². The molecule has 2 amide bonds. The SMILES string of the molecule is CC1CC(=O)N(CCCCC(C)(C)C#N)C1=O. The second-order valence-electron chi connectivity index (χ2n) is 5.44. The summed E-state index contributed by atoms with van der Waals surface area (Å²) in [5, 5.41) is 8.86. The van der Waals surface area contributed by atoms with Crippen LogP contribution in [0.4, 0.5) is 0 Å². The van der Waals surface area contributed by atoms with Crippen molar-refractivity contribution in [3.63, 3.8) is 0 Å². The molecule has 1 aliphatic heterocycles. The van der Waals surface area contributed by atoms with E-state index in [-0.39, 0.29) is 23.1 Å². The van der Waals surface area contributed by atoms with Gasteiger partial charge in [-0.1, -0.05) is 13.3 Å². The minimum Gasteiger partial charge on any atom is -0.282 e. The molecule has 1 saturated heterocycles. The highest BCUT2D eigenvalue weighted by Gasteiger charge is 2.34. The molecular formula is C13H20N2O2. The van der Waals surface area contributed by atoms with E-state index in [0.29, 0.717) is 13.0 Å². The summed E-state index contributed by atoms with van der Waals surface area (Å²) in [6.07, 6.45) is 2.80. The number of unbranched alkanes of at least 4 members (excludes halogenated alkanes) is 1.